The van der Waals surface area contributed by atoms with E-state index in [1.165, 1.54) is 17.3 Å². The fourth-order valence-electron chi connectivity index (χ4n) is 3.83. The maximum absolute atomic E-state index is 13.0. The number of amides is 1. The molecular weight excluding hydrogens is 486 g/mol. The van der Waals surface area contributed by atoms with Gasteiger partial charge in [-0.15, -0.1) is 0 Å². The number of ether oxygens (including phenoxy) is 2. The normalized spacial score (nSPS) is 15.4. The van der Waals surface area contributed by atoms with Gasteiger partial charge in [0, 0.05) is 12.0 Å². The van der Waals surface area contributed by atoms with Crippen LogP contribution in [-0.4, -0.2) is 28.3 Å². The van der Waals surface area contributed by atoms with Crippen LogP contribution in [0.1, 0.15) is 49.3 Å². The number of benzene rings is 3. The van der Waals surface area contributed by atoms with Crippen LogP contribution in [0.4, 0.5) is 0 Å². The van der Waals surface area contributed by atoms with Crippen LogP contribution in [0.5, 0.6) is 11.5 Å². The summed E-state index contributed by atoms with van der Waals surface area (Å²) < 4.78 is 12.5. The Kier molecular flexibility index (Phi) is 9.20. The van der Waals surface area contributed by atoms with Crippen LogP contribution >= 0.6 is 24.0 Å². The molecular formula is C30H31NO3S2. The van der Waals surface area contributed by atoms with E-state index in [0.717, 1.165) is 35.5 Å². The van der Waals surface area contributed by atoms with Crippen LogP contribution in [0.25, 0.3) is 6.08 Å². The molecule has 1 aliphatic heterocycles. The van der Waals surface area contributed by atoms with E-state index >= 15 is 0 Å². The summed E-state index contributed by atoms with van der Waals surface area (Å²) in [5, 5.41) is 0. The summed E-state index contributed by atoms with van der Waals surface area (Å²) in [5.41, 5.74) is 3.24. The molecule has 0 saturated carbocycles. The van der Waals surface area contributed by atoms with Crippen molar-refractivity contribution in [1.29, 1.82) is 0 Å². The number of carbonyl (C=O) groups excluding carboxylic acids is 1. The number of para-hydroxylation sites is 1. The molecule has 0 aliphatic carbocycles. The molecule has 0 spiro atoms. The van der Waals surface area contributed by atoms with Crippen LogP contribution in [0.2, 0.25) is 0 Å². The van der Waals surface area contributed by atoms with Crippen molar-refractivity contribution in [1.82, 2.24) is 4.90 Å². The average molecular weight is 518 g/mol. The molecule has 1 atom stereocenters. The second kappa shape index (κ2) is 12.7. The fraction of sp³-hybridized carbons (Fsp3) is 0.267. The zero-order valence-corrected chi connectivity index (χ0v) is 22.3. The van der Waals surface area contributed by atoms with Gasteiger partial charge in [-0.3, -0.25) is 9.69 Å². The minimum Gasteiger partial charge on any atom is -0.493 e. The molecule has 1 fully saturated rings. The van der Waals surface area contributed by atoms with Gasteiger partial charge >= 0.3 is 0 Å². The van der Waals surface area contributed by atoms with Gasteiger partial charge in [0.05, 0.1) is 24.7 Å². The Morgan fingerprint density at radius 2 is 1.64 bits per heavy atom. The van der Waals surface area contributed by atoms with Crippen molar-refractivity contribution >= 4 is 40.3 Å². The van der Waals surface area contributed by atoms with E-state index in [4.69, 9.17) is 21.7 Å². The van der Waals surface area contributed by atoms with Crippen molar-refractivity contribution in [2.45, 2.75) is 39.2 Å². The number of hydrogen-bond donors (Lipinski definition) is 0. The van der Waals surface area contributed by atoms with Crippen LogP contribution in [-0.2, 0) is 11.3 Å². The molecule has 6 heteroatoms. The average Bonchev–Trinajstić information content (AvgIpc) is 3.17. The van der Waals surface area contributed by atoms with E-state index < -0.39 is 0 Å². The molecule has 3 aromatic rings. The van der Waals surface area contributed by atoms with E-state index in [0.29, 0.717) is 34.9 Å². The maximum atomic E-state index is 13.0. The molecule has 186 valence electrons. The van der Waals surface area contributed by atoms with Gasteiger partial charge < -0.3 is 9.47 Å². The first kappa shape index (κ1) is 26.0. The van der Waals surface area contributed by atoms with Crippen molar-refractivity contribution < 1.29 is 14.3 Å². The Hall–Kier alpha value is -3.09. The van der Waals surface area contributed by atoms with Gasteiger partial charge in [0.2, 0.25) is 0 Å². The minimum absolute atomic E-state index is 0.0728. The van der Waals surface area contributed by atoms with E-state index in [9.17, 15) is 4.79 Å². The Morgan fingerprint density at radius 1 is 0.944 bits per heavy atom. The monoisotopic (exact) mass is 517 g/mol. The quantitative estimate of drug-likeness (QED) is 0.150. The van der Waals surface area contributed by atoms with Gasteiger partial charge in [-0.1, -0.05) is 98.5 Å². The van der Waals surface area contributed by atoms with Crippen LogP contribution in [0.3, 0.4) is 0 Å². The zero-order valence-electron chi connectivity index (χ0n) is 20.7. The smallest absolute Gasteiger partial charge is 0.266 e. The second-order valence-electron chi connectivity index (χ2n) is 8.72. The number of rotatable bonds is 11. The molecule has 1 aliphatic rings. The first-order valence-corrected chi connectivity index (χ1v) is 13.5. The molecule has 0 unspecified atom stereocenters. The lowest BCUT2D eigenvalue weighted by atomic mass is 9.99. The SMILES string of the molecule is CC[C@H](C)c1ccc(OCCCOc2ccccc2/C=C2\SC(=S)N(Cc3ccccc3)C2=O)cc1. The number of thiocarbonyl (C=S) groups is 1. The Balaban J connectivity index is 1.31. The number of hydrogen-bond acceptors (Lipinski definition) is 5. The molecule has 36 heavy (non-hydrogen) atoms. The van der Waals surface area contributed by atoms with E-state index in [-0.39, 0.29) is 5.91 Å². The number of thioether (sulfide) groups is 1. The molecule has 0 aromatic heterocycles. The van der Waals surface area contributed by atoms with Crippen LogP contribution in [0, 0.1) is 0 Å². The summed E-state index contributed by atoms with van der Waals surface area (Å²) in [6.07, 6.45) is 3.75. The highest BCUT2D eigenvalue weighted by Gasteiger charge is 2.32. The van der Waals surface area contributed by atoms with Crippen molar-refractivity contribution in [3.63, 3.8) is 0 Å². The second-order valence-corrected chi connectivity index (χ2v) is 10.4. The van der Waals surface area contributed by atoms with Crippen molar-refractivity contribution in [3.8, 4) is 11.5 Å². The lowest BCUT2D eigenvalue weighted by Gasteiger charge is -2.14. The standard InChI is InChI=1S/C30H31NO3S2/c1-3-22(2)24-14-16-26(17-15-24)33-18-9-19-34-27-13-8-7-12-25(27)20-28-29(32)31(30(35)36-28)21-23-10-5-4-6-11-23/h4-8,10-17,20,22H,3,9,18-19,21H2,1-2H3/b28-20-/t22-/m0/s1. The lowest BCUT2D eigenvalue weighted by molar-refractivity contribution is -0.122. The molecule has 0 radical (unpaired) electrons. The summed E-state index contributed by atoms with van der Waals surface area (Å²) >= 11 is 6.82. The third kappa shape index (κ3) is 6.77. The van der Waals surface area contributed by atoms with E-state index in [1.807, 2.05) is 72.8 Å². The van der Waals surface area contributed by atoms with Crippen LogP contribution < -0.4 is 9.47 Å². The van der Waals surface area contributed by atoms with E-state index in [1.54, 1.807) is 4.90 Å². The van der Waals surface area contributed by atoms with Crippen LogP contribution in [0.15, 0.2) is 83.8 Å². The summed E-state index contributed by atoms with van der Waals surface area (Å²) in [6, 6.07) is 26.0. The van der Waals surface area contributed by atoms with Gasteiger partial charge in [0.1, 0.15) is 15.8 Å². The summed E-state index contributed by atoms with van der Waals surface area (Å²) in [5.74, 6) is 2.10. The largest absolute Gasteiger partial charge is 0.493 e. The maximum Gasteiger partial charge on any atom is 0.266 e. The molecule has 1 amide bonds. The molecule has 3 aromatic carbocycles. The molecule has 4 nitrogen and oxygen atoms in total. The first-order chi connectivity index (χ1) is 17.5. The van der Waals surface area contributed by atoms with Crippen molar-refractivity contribution in [2.24, 2.45) is 0 Å². The number of carbonyl (C=O) groups is 1. The van der Waals surface area contributed by atoms with Gasteiger partial charge in [-0.25, -0.2) is 0 Å². The van der Waals surface area contributed by atoms with Gasteiger partial charge in [-0.2, -0.15) is 0 Å². The summed E-state index contributed by atoms with van der Waals surface area (Å²) in [6.45, 7) is 6.00. The molecule has 1 saturated heterocycles. The van der Waals surface area contributed by atoms with Gasteiger partial charge in [0.15, 0.2) is 0 Å². The Bertz CT molecular complexity index is 1210. The summed E-state index contributed by atoms with van der Waals surface area (Å²) in [4.78, 5) is 15.3. The molecule has 0 N–H and O–H groups in total. The minimum atomic E-state index is -0.0728. The highest BCUT2D eigenvalue weighted by atomic mass is 32.2. The Morgan fingerprint density at radius 3 is 2.39 bits per heavy atom. The van der Waals surface area contributed by atoms with E-state index in [2.05, 4.69) is 26.0 Å². The lowest BCUT2D eigenvalue weighted by Crippen LogP contribution is -2.27. The van der Waals surface area contributed by atoms with Gasteiger partial charge in [0.25, 0.3) is 5.91 Å². The summed E-state index contributed by atoms with van der Waals surface area (Å²) in [7, 11) is 0. The highest BCUT2D eigenvalue weighted by Crippen LogP contribution is 2.35. The van der Waals surface area contributed by atoms with Gasteiger partial charge in [-0.05, 0) is 47.7 Å². The first-order valence-electron chi connectivity index (χ1n) is 12.3. The molecule has 4 rings (SSSR count). The van der Waals surface area contributed by atoms with Crippen molar-refractivity contribution in [3.05, 3.63) is 100 Å². The molecule has 0 bridgehead atoms. The highest BCUT2D eigenvalue weighted by molar-refractivity contribution is 8.26. The predicted molar refractivity (Wildman–Crippen MR) is 152 cm³/mol. The number of nitrogens with zero attached hydrogens (tertiary/aromatic N) is 1. The predicted octanol–water partition coefficient (Wildman–Crippen LogP) is 7.45. The molecule has 1 heterocycles. The van der Waals surface area contributed by atoms with Crippen molar-refractivity contribution in [2.75, 3.05) is 13.2 Å². The third-order valence-electron chi connectivity index (χ3n) is 6.14. The third-order valence-corrected chi connectivity index (χ3v) is 7.52. The Labute approximate surface area is 223 Å². The zero-order chi connectivity index (χ0) is 25.3. The topological polar surface area (TPSA) is 38.8 Å². The fourth-order valence-corrected chi connectivity index (χ4v) is 5.08.